The summed E-state index contributed by atoms with van der Waals surface area (Å²) in [5.74, 6) is -1.77. The second-order valence-electron chi connectivity index (χ2n) is 21.1. The van der Waals surface area contributed by atoms with Crippen LogP contribution in [0.1, 0.15) is 156 Å². The van der Waals surface area contributed by atoms with Crippen molar-refractivity contribution >= 4 is 58.6 Å². The predicted molar refractivity (Wildman–Crippen MR) is 272 cm³/mol. The first kappa shape index (κ1) is 58.3. The molecule has 17 heteroatoms. The highest BCUT2D eigenvalue weighted by Gasteiger charge is 2.35. The van der Waals surface area contributed by atoms with Crippen LogP contribution in [0.5, 0.6) is 5.75 Å². The highest BCUT2D eigenvalue weighted by atomic mass is 35.5. The average Bonchev–Trinajstić information content (AvgIpc) is 3.23. The molecule has 1 saturated carbocycles. The molecule has 1 aromatic heterocycles. The van der Waals surface area contributed by atoms with Gasteiger partial charge in [-0.15, -0.1) is 0 Å². The molecule has 0 aliphatic heterocycles. The quantitative estimate of drug-likeness (QED) is 0.0371. The van der Waals surface area contributed by atoms with Crippen LogP contribution in [0.25, 0.3) is 0 Å². The largest absolute Gasteiger partial charge is 0.462 e. The zero-order valence-corrected chi connectivity index (χ0v) is 44.8. The molecule has 4 rings (SSSR count). The molecule has 1 aliphatic carbocycles. The molecule has 1 heterocycles. The summed E-state index contributed by atoms with van der Waals surface area (Å²) in [6.45, 7) is 24.3. The predicted octanol–water partition coefficient (Wildman–Crippen LogP) is 10.2. The van der Waals surface area contributed by atoms with E-state index >= 15 is 0 Å². The Morgan fingerprint density at radius 3 is 2.13 bits per heavy atom. The van der Waals surface area contributed by atoms with E-state index < -0.39 is 47.2 Å². The molecule has 16 nitrogen and oxygen atoms in total. The number of nitrogens with one attached hydrogen (secondary N) is 1. The van der Waals surface area contributed by atoms with Gasteiger partial charge in [-0.1, -0.05) is 65.3 Å². The maximum atomic E-state index is 13.8. The summed E-state index contributed by atoms with van der Waals surface area (Å²) >= 11 is 6.08. The molecule has 2 aromatic carbocycles. The van der Waals surface area contributed by atoms with E-state index in [2.05, 4.69) is 52.2 Å². The first-order valence-electron chi connectivity index (χ1n) is 24.7. The molecule has 1 fully saturated rings. The first-order chi connectivity index (χ1) is 33.2. The standard InChI is InChI=1S/C54H77ClN4O12/c1-32(2)29-59(44-19-14-39(35(5)24-50(64)71-53(9,10)11)25-43(44)58-47-28-56-46(55)27-57-47)40-15-17-41(18-16-40)68-51(65)26-54(12,13)52-36(6)20-33(3)21-45(52)70-49(63)23-34(4)22-48(62)69-42(30-66-37(7)60)31-67-38(8)61/h14,19-21,25,27-28,32,34-35,37,40-42,60H,15-18,22-24,26,29-31H2,1-13H3,(H,57,58)/t34?,35-,37?,40?,41?,42?/m1/s1. The molecule has 392 valence electrons. The van der Waals surface area contributed by atoms with E-state index in [1.807, 2.05) is 61.5 Å². The number of carbonyl (C=O) groups excluding carboxylic acids is 5. The van der Waals surface area contributed by atoms with Crippen molar-refractivity contribution in [1.82, 2.24) is 9.97 Å². The highest BCUT2D eigenvalue weighted by molar-refractivity contribution is 6.29. The first-order valence-corrected chi connectivity index (χ1v) is 25.1. The van der Waals surface area contributed by atoms with Crippen molar-refractivity contribution in [2.75, 3.05) is 30.0 Å². The third-order valence-electron chi connectivity index (χ3n) is 11.9. The number of ether oxygens (including phenoxy) is 6. The zero-order chi connectivity index (χ0) is 52.8. The van der Waals surface area contributed by atoms with Gasteiger partial charge in [-0.05, 0) is 120 Å². The fraction of sp³-hybridized carbons (Fsp3) is 0.611. The number of aryl methyl sites for hydroxylation is 2. The summed E-state index contributed by atoms with van der Waals surface area (Å²) in [6, 6.07) is 10.1. The van der Waals surface area contributed by atoms with Crippen LogP contribution >= 0.6 is 11.6 Å². The molecule has 0 bridgehead atoms. The number of hydrogen-bond donors (Lipinski definition) is 2. The van der Waals surface area contributed by atoms with Crippen LogP contribution < -0.4 is 15.0 Å². The molecule has 3 aromatic rings. The molecular weight excluding hydrogens is 932 g/mol. The second-order valence-corrected chi connectivity index (χ2v) is 21.5. The lowest BCUT2D eigenvalue weighted by molar-refractivity contribution is -0.170. The summed E-state index contributed by atoms with van der Waals surface area (Å²) in [5, 5.41) is 13.3. The zero-order valence-electron chi connectivity index (χ0n) is 44.0. The smallest absolute Gasteiger partial charge is 0.311 e. The number of anilines is 3. The van der Waals surface area contributed by atoms with E-state index in [4.69, 9.17) is 40.0 Å². The van der Waals surface area contributed by atoms with Crippen molar-refractivity contribution in [2.45, 2.75) is 183 Å². The Balaban J connectivity index is 1.43. The van der Waals surface area contributed by atoms with Gasteiger partial charge in [-0.3, -0.25) is 24.0 Å². The Morgan fingerprint density at radius 1 is 0.845 bits per heavy atom. The van der Waals surface area contributed by atoms with Crippen molar-refractivity contribution < 1.29 is 57.5 Å². The molecule has 0 amide bonds. The lowest BCUT2D eigenvalue weighted by atomic mass is 9.78. The minimum Gasteiger partial charge on any atom is -0.462 e. The van der Waals surface area contributed by atoms with Crippen molar-refractivity contribution in [2.24, 2.45) is 11.8 Å². The highest BCUT2D eigenvalue weighted by Crippen LogP contribution is 2.41. The van der Waals surface area contributed by atoms with Crippen molar-refractivity contribution in [3.63, 3.8) is 0 Å². The van der Waals surface area contributed by atoms with Gasteiger partial charge in [0.2, 0.25) is 0 Å². The normalized spacial score (nSPS) is 16.8. The monoisotopic (exact) mass is 1010 g/mol. The van der Waals surface area contributed by atoms with Crippen LogP contribution in [-0.2, 0) is 53.1 Å². The maximum absolute atomic E-state index is 13.8. The topological polar surface area (TPSA) is 202 Å². The molecule has 0 saturated heterocycles. The van der Waals surface area contributed by atoms with Gasteiger partial charge >= 0.3 is 29.8 Å². The Kier molecular flexibility index (Phi) is 21.7. The summed E-state index contributed by atoms with van der Waals surface area (Å²) in [4.78, 5) is 75.4. The van der Waals surface area contributed by atoms with Crippen LogP contribution in [0.2, 0.25) is 5.15 Å². The summed E-state index contributed by atoms with van der Waals surface area (Å²) < 4.78 is 33.4. The van der Waals surface area contributed by atoms with Crippen LogP contribution in [-0.4, -0.2) is 94.8 Å². The average molecular weight is 1010 g/mol. The van der Waals surface area contributed by atoms with Gasteiger partial charge in [-0.25, -0.2) is 9.97 Å². The Hall–Kier alpha value is -5.32. The molecular formula is C54H77ClN4O12. The number of aromatic nitrogens is 2. The van der Waals surface area contributed by atoms with Crippen LogP contribution in [0.3, 0.4) is 0 Å². The fourth-order valence-electron chi connectivity index (χ4n) is 8.95. The number of aliphatic hydroxyl groups is 1. The lowest BCUT2D eigenvalue weighted by Crippen LogP contribution is -2.42. The van der Waals surface area contributed by atoms with E-state index in [0.29, 0.717) is 35.9 Å². The van der Waals surface area contributed by atoms with E-state index in [-0.39, 0.29) is 74.1 Å². The van der Waals surface area contributed by atoms with E-state index in [9.17, 15) is 29.1 Å². The van der Waals surface area contributed by atoms with Gasteiger partial charge < -0.3 is 43.7 Å². The fourth-order valence-corrected chi connectivity index (χ4v) is 9.05. The van der Waals surface area contributed by atoms with Crippen molar-refractivity contribution in [3.8, 4) is 5.75 Å². The van der Waals surface area contributed by atoms with Gasteiger partial charge in [-0.2, -0.15) is 0 Å². The van der Waals surface area contributed by atoms with Gasteiger partial charge in [0.25, 0.3) is 0 Å². The van der Waals surface area contributed by atoms with Crippen molar-refractivity contribution in [1.29, 1.82) is 0 Å². The Morgan fingerprint density at radius 2 is 1.52 bits per heavy atom. The van der Waals surface area contributed by atoms with Crippen molar-refractivity contribution in [3.05, 3.63) is 70.1 Å². The molecule has 0 radical (unpaired) electrons. The number of nitrogens with zero attached hydrogens (tertiary/aromatic N) is 3. The Bertz CT molecular complexity index is 2270. The number of aliphatic hydroxyl groups excluding tert-OH is 1. The van der Waals surface area contributed by atoms with Gasteiger partial charge in [0.15, 0.2) is 12.4 Å². The number of halogens is 1. The van der Waals surface area contributed by atoms with E-state index in [1.54, 1.807) is 19.2 Å². The molecule has 4 atom stereocenters. The Labute approximate surface area is 425 Å². The SMILES string of the molecule is CC(=O)OCC(COC(C)O)OC(=O)CC(C)CC(=O)Oc1cc(C)cc(C)c1C(C)(C)CC(=O)OC1CCC(N(CC(C)C)c2ccc([C@H](C)CC(=O)OC(C)(C)C)cc2Nc2cnc(Cl)cn2)CC1. The maximum Gasteiger partial charge on any atom is 0.311 e. The molecule has 3 unspecified atom stereocenters. The molecule has 1 aliphatic rings. The molecule has 0 spiro atoms. The van der Waals surface area contributed by atoms with Gasteiger partial charge in [0, 0.05) is 43.3 Å². The van der Waals surface area contributed by atoms with E-state index in [0.717, 1.165) is 47.5 Å². The number of esters is 5. The van der Waals surface area contributed by atoms with Crippen LogP contribution in [0, 0.1) is 25.7 Å². The number of hydrogen-bond acceptors (Lipinski definition) is 16. The molecule has 2 N–H and O–H groups in total. The third-order valence-corrected chi connectivity index (χ3v) is 12.1. The van der Waals surface area contributed by atoms with Crippen LogP contribution in [0.15, 0.2) is 42.7 Å². The lowest BCUT2D eigenvalue weighted by Gasteiger charge is -2.40. The summed E-state index contributed by atoms with van der Waals surface area (Å²) in [6.07, 6.45) is 3.68. The minimum absolute atomic E-state index is 0.0394. The summed E-state index contributed by atoms with van der Waals surface area (Å²) in [7, 11) is 0. The third kappa shape index (κ3) is 19.7. The minimum atomic E-state index is -1.12. The number of benzene rings is 2. The van der Waals surface area contributed by atoms with E-state index in [1.165, 1.54) is 20.0 Å². The second kappa shape index (κ2) is 26.4. The molecule has 71 heavy (non-hydrogen) atoms. The van der Waals surface area contributed by atoms with Gasteiger partial charge in [0.1, 0.15) is 35.0 Å². The summed E-state index contributed by atoms with van der Waals surface area (Å²) in [5.41, 5.74) is 3.83. The number of carbonyl (C=O) groups is 5. The van der Waals surface area contributed by atoms with Gasteiger partial charge in [0.05, 0.1) is 43.2 Å². The number of rotatable bonds is 24. The van der Waals surface area contributed by atoms with Crippen LogP contribution in [0.4, 0.5) is 17.2 Å².